The quantitative estimate of drug-likeness (QED) is 0.241. The molecule has 0 unspecified atom stereocenters. The van der Waals surface area contributed by atoms with Gasteiger partial charge in [0, 0.05) is 19.9 Å². The molecule has 0 aromatic heterocycles. The molecule has 2 rings (SSSR count). The van der Waals surface area contributed by atoms with E-state index < -0.39 is 65.8 Å². The Morgan fingerprint density at radius 3 is 2.29 bits per heavy atom. The summed E-state index contributed by atoms with van der Waals surface area (Å²) in [5, 5.41) is 31.2. The molecule has 0 aliphatic carbocycles. The molecule has 2 N–H and O–H groups in total. The van der Waals surface area contributed by atoms with Crippen LogP contribution in [0.1, 0.15) is 19.4 Å². The van der Waals surface area contributed by atoms with Gasteiger partial charge in [0.25, 0.3) is 0 Å². The average Bonchev–Trinajstić information content (AvgIpc) is 2.71. The van der Waals surface area contributed by atoms with Crippen LogP contribution < -0.4 is 4.74 Å². The van der Waals surface area contributed by atoms with Gasteiger partial charge in [0.2, 0.25) is 6.29 Å². The number of aliphatic hydroxyl groups excluding tert-OH is 2. The SMILES string of the molecule is COC(=O)[C@H]1O[C@@H](Oc2ccc(CO)cc2[N+](=O)[O-])[C@H](O)[C@@H](OC(C)=O)[C@@H]1OC(C)=O. The van der Waals surface area contributed by atoms with E-state index in [9.17, 15) is 34.7 Å². The summed E-state index contributed by atoms with van der Waals surface area (Å²) in [6.07, 6.45) is -8.43. The topological polar surface area (TPSA) is 181 Å². The third kappa shape index (κ3) is 5.65. The van der Waals surface area contributed by atoms with Crippen molar-refractivity contribution in [1.82, 2.24) is 0 Å². The van der Waals surface area contributed by atoms with Crippen molar-refractivity contribution in [2.24, 2.45) is 0 Å². The Balaban J connectivity index is 2.44. The lowest BCUT2D eigenvalue weighted by atomic mass is 9.98. The largest absolute Gasteiger partial charge is 0.467 e. The van der Waals surface area contributed by atoms with E-state index in [-0.39, 0.29) is 11.3 Å². The van der Waals surface area contributed by atoms with Crippen LogP contribution in [0.3, 0.4) is 0 Å². The molecule has 0 amide bonds. The summed E-state index contributed by atoms with van der Waals surface area (Å²) >= 11 is 0. The standard InChI is InChI=1S/C18H21NO12/c1-8(21)28-14-13(23)18(31-16(17(24)27-3)15(14)29-9(2)22)30-12-5-4-10(7-20)6-11(12)19(25)26/h4-6,13-16,18,20,23H,7H2,1-3H3/t13-,14-,15+,16+,18-/m1/s1. The first kappa shape index (κ1) is 24.0. The second kappa shape index (κ2) is 10.1. The number of hydrogen-bond acceptors (Lipinski definition) is 12. The lowest BCUT2D eigenvalue weighted by Gasteiger charge is -2.41. The molecule has 0 radical (unpaired) electrons. The third-order valence-corrected chi connectivity index (χ3v) is 4.20. The number of nitro groups is 1. The highest BCUT2D eigenvalue weighted by Crippen LogP contribution is 2.33. The molecule has 1 aliphatic heterocycles. The van der Waals surface area contributed by atoms with Gasteiger partial charge < -0.3 is 33.9 Å². The molecule has 13 nitrogen and oxygen atoms in total. The van der Waals surface area contributed by atoms with Gasteiger partial charge in [-0.1, -0.05) is 6.07 Å². The van der Waals surface area contributed by atoms with Crippen molar-refractivity contribution in [3.8, 4) is 5.75 Å². The number of nitro benzene ring substituents is 1. The fourth-order valence-electron chi connectivity index (χ4n) is 2.90. The van der Waals surface area contributed by atoms with E-state index in [0.717, 1.165) is 33.1 Å². The Bertz CT molecular complexity index is 856. The van der Waals surface area contributed by atoms with E-state index in [1.165, 1.54) is 6.07 Å². The van der Waals surface area contributed by atoms with Gasteiger partial charge in [-0.15, -0.1) is 0 Å². The highest BCUT2D eigenvalue weighted by Gasteiger charge is 2.53. The Morgan fingerprint density at radius 2 is 1.77 bits per heavy atom. The molecule has 1 aliphatic rings. The first-order valence-electron chi connectivity index (χ1n) is 8.89. The van der Waals surface area contributed by atoms with Gasteiger partial charge in [-0.2, -0.15) is 0 Å². The minimum Gasteiger partial charge on any atom is -0.467 e. The minimum atomic E-state index is -1.81. The van der Waals surface area contributed by atoms with Crippen molar-refractivity contribution < 1.29 is 53.2 Å². The number of esters is 3. The summed E-state index contributed by atoms with van der Waals surface area (Å²) in [7, 11) is 1.02. The van der Waals surface area contributed by atoms with Gasteiger partial charge in [0.15, 0.2) is 30.2 Å². The van der Waals surface area contributed by atoms with E-state index in [0.29, 0.717) is 0 Å². The molecule has 170 valence electrons. The van der Waals surface area contributed by atoms with Crippen molar-refractivity contribution in [2.75, 3.05) is 7.11 Å². The number of carbonyl (C=O) groups is 3. The van der Waals surface area contributed by atoms with Gasteiger partial charge in [-0.25, -0.2) is 4.79 Å². The molecule has 1 aromatic carbocycles. The zero-order valence-electron chi connectivity index (χ0n) is 16.8. The summed E-state index contributed by atoms with van der Waals surface area (Å²) in [5.74, 6) is -3.12. The van der Waals surface area contributed by atoms with Gasteiger partial charge in [0.1, 0.15) is 0 Å². The zero-order valence-corrected chi connectivity index (χ0v) is 16.8. The number of aliphatic hydroxyl groups is 2. The highest BCUT2D eigenvalue weighted by atomic mass is 16.7. The van der Waals surface area contributed by atoms with Crippen molar-refractivity contribution >= 4 is 23.6 Å². The second-order valence-corrected chi connectivity index (χ2v) is 6.42. The Hall–Kier alpha value is -3.29. The predicted molar refractivity (Wildman–Crippen MR) is 97.4 cm³/mol. The molecule has 0 spiro atoms. The molecule has 31 heavy (non-hydrogen) atoms. The maximum atomic E-state index is 12.2. The van der Waals surface area contributed by atoms with Crippen molar-refractivity contribution in [2.45, 2.75) is 51.2 Å². The monoisotopic (exact) mass is 443 g/mol. The van der Waals surface area contributed by atoms with E-state index in [2.05, 4.69) is 4.74 Å². The van der Waals surface area contributed by atoms with E-state index in [4.69, 9.17) is 18.9 Å². The van der Waals surface area contributed by atoms with Gasteiger partial charge in [-0.05, 0) is 11.6 Å². The van der Waals surface area contributed by atoms with Gasteiger partial charge in [-0.3, -0.25) is 19.7 Å². The van der Waals surface area contributed by atoms with Gasteiger partial charge >= 0.3 is 23.6 Å². The molecular formula is C18H21NO12. The normalized spacial score (nSPS) is 25.3. The predicted octanol–water partition coefficient (Wildman–Crippen LogP) is -0.412. The average molecular weight is 443 g/mol. The molecule has 1 saturated heterocycles. The molecule has 13 heteroatoms. The first-order valence-corrected chi connectivity index (χ1v) is 8.89. The lowest BCUT2D eigenvalue weighted by molar-refractivity contribution is -0.387. The summed E-state index contributed by atoms with van der Waals surface area (Å²) in [6.45, 7) is 1.58. The van der Waals surface area contributed by atoms with Crippen LogP contribution in [0.2, 0.25) is 0 Å². The highest BCUT2D eigenvalue weighted by molar-refractivity contribution is 5.77. The molecular weight excluding hydrogens is 422 g/mol. The first-order chi connectivity index (χ1) is 14.6. The molecule has 1 heterocycles. The number of ether oxygens (including phenoxy) is 5. The van der Waals surface area contributed by atoms with E-state index >= 15 is 0 Å². The molecule has 1 aromatic rings. The molecule has 0 saturated carbocycles. The number of carbonyl (C=O) groups excluding carboxylic acids is 3. The van der Waals surface area contributed by atoms with E-state index in [1.807, 2.05) is 0 Å². The maximum Gasteiger partial charge on any atom is 0.339 e. The van der Waals surface area contributed by atoms with Crippen LogP contribution in [-0.4, -0.2) is 70.9 Å². The number of benzene rings is 1. The fourth-order valence-corrected chi connectivity index (χ4v) is 2.90. The Morgan fingerprint density at radius 1 is 1.16 bits per heavy atom. The zero-order chi connectivity index (χ0) is 23.3. The fraction of sp³-hybridized carbons (Fsp3) is 0.500. The minimum absolute atomic E-state index is 0.226. The smallest absolute Gasteiger partial charge is 0.339 e. The number of nitrogens with zero attached hydrogens (tertiary/aromatic N) is 1. The van der Waals surface area contributed by atoms with Gasteiger partial charge in [0.05, 0.1) is 18.6 Å². The van der Waals surface area contributed by atoms with Crippen LogP contribution in [-0.2, 0) is 39.9 Å². The van der Waals surface area contributed by atoms with Crippen LogP contribution in [0, 0.1) is 10.1 Å². The molecule has 5 atom stereocenters. The van der Waals surface area contributed by atoms with Crippen LogP contribution in [0.4, 0.5) is 5.69 Å². The number of methoxy groups -OCH3 is 1. The van der Waals surface area contributed by atoms with E-state index in [1.54, 1.807) is 0 Å². The third-order valence-electron chi connectivity index (χ3n) is 4.20. The Kier molecular flexibility index (Phi) is 7.85. The van der Waals surface area contributed by atoms with Crippen molar-refractivity contribution in [3.05, 3.63) is 33.9 Å². The molecule has 1 fully saturated rings. The van der Waals surface area contributed by atoms with Crippen LogP contribution in [0.5, 0.6) is 5.75 Å². The van der Waals surface area contributed by atoms with Crippen molar-refractivity contribution in [1.29, 1.82) is 0 Å². The summed E-state index contributed by atoms with van der Waals surface area (Å²) in [6, 6.07) is 3.54. The maximum absolute atomic E-state index is 12.2. The number of rotatable bonds is 7. The summed E-state index contributed by atoms with van der Waals surface area (Å²) in [5.41, 5.74) is -0.326. The second-order valence-electron chi connectivity index (χ2n) is 6.42. The summed E-state index contributed by atoms with van der Waals surface area (Å²) < 4.78 is 25.4. The van der Waals surface area contributed by atoms with Crippen LogP contribution in [0.25, 0.3) is 0 Å². The Labute approximate surface area is 175 Å². The summed E-state index contributed by atoms with van der Waals surface area (Å²) in [4.78, 5) is 45.8. The number of hydrogen-bond donors (Lipinski definition) is 2. The van der Waals surface area contributed by atoms with Crippen LogP contribution >= 0.6 is 0 Å². The molecule has 0 bridgehead atoms. The van der Waals surface area contributed by atoms with Crippen molar-refractivity contribution in [3.63, 3.8) is 0 Å². The lowest BCUT2D eigenvalue weighted by Crippen LogP contribution is -2.63. The van der Waals surface area contributed by atoms with Crippen LogP contribution in [0.15, 0.2) is 18.2 Å².